The highest BCUT2D eigenvalue weighted by molar-refractivity contribution is 8.18. The summed E-state index contributed by atoms with van der Waals surface area (Å²) in [7, 11) is 1.46. The molecule has 1 aliphatic heterocycles. The zero-order valence-electron chi connectivity index (χ0n) is 16.4. The number of hydrogen-bond donors (Lipinski definition) is 2. The van der Waals surface area contributed by atoms with Gasteiger partial charge in [-0.3, -0.25) is 4.79 Å². The van der Waals surface area contributed by atoms with E-state index in [1.165, 1.54) is 18.9 Å². The van der Waals surface area contributed by atoms with E-state index >= 15 is 0 Å². The van der Waals surface area contributed by atoms with Crippen molar-refractivity contribution in [2.75, 3.05) is 20.3 Å². The largest absolute Gasteiger partial charge is 0.494 e. The van der Waals surface area contributed by atoms with Crippen LogP contribution in [0.1, 0.15) is 12.5 Å². The Morgan fingerprint density at radius 3 is 2.60 bits per heavy atom. The van der Waals surface area contributed by atoms with Crippen LogP contribution in [0.15, 0.2) is 52.4 Å². The lowest BCUT2D eigenvalue weighted by Crippen LogP contribution is -2.19. The Hall–Kier alpha value is -3.46. The van der Waals surface area contributed by atoms with Crippen LogP contribution in [0.4, 0.5) is 5.69 Å². The van der Waals surface area contributed by atoms with Crippen molar-refractivity contribution in [3.63, 3.8) is 0 Å². The molecule has 1 heterocycles. The molecule has 0 aliphatic carbocycles. The van der Waals surface area contributed by atoms with E-state index in [0.29, 0.717) is 39.4 Å². The number of aliphatic carboxylic acids is 1. The van der Waals surface area contributed by atoms with Crippen LogP contribution in [0.25, 0.3) is 6.08 Å². The first kappa shape index (κ1) is 21.3. The molecule has 1 fully saturated rings. The average molecular weight is 428 g/mol. The van der Waals surface area contributed by atoms with E-state index < -0.39 is 12.6 Å². The maximum Gasteiger partial charge on any atom is 0.341 e. The monoisotopic (exact) mass is 428 g/mol. The van der Waals surface area contributed by atoms with Gasteiger partial charge in [-0.2, -0.15) is 0 Å². The number of ether oxygens (including phenoxy) is 3. The Bertz CT molecular complexity index is 1000. The number of carbonyl (C=O) groups excluding carboxylic acids is 1. The minimum absolute atomic E-state index is 0.255. The number of benzene rings is 2. The molecule has 30 heavy (non-hydrogen) atoms. The lowest BCUT2D eigenvalue weighted by Gasteiger charge is -2.09. The number of carboxylic acids is 1. The van der Waals surface area contributed by atoms with Crippen LogP contribution in [0.5, 0.6) is 17.2 Å². The highest BCUT2D eigenvalue weighted by Gasteiger charge is 2.24. The molecule has 0 atom stereocenters. The van der Waals surface area contributed by atoms with E-state index in [0.717, 1.165) is 5.75 Å². The highest BCUT2D eigenvalue weighted by atomic mass is 32.2. The first-order valence-corrected chi connectivity index (χ1v) is 9.85. The molecular formula is C21H20N2O6S. The topological polar surface area (TPSA) is 106 Å². The highest BCUT2D eigenvalue weighted by Crippen LogP contribution is 2.32. The summed E-state index contributed by atoms with van der Waals surface area (Å²) in [6, 6.07) is 12.2. The van der Waals surface area contributed by atoms with Gasteiger partial charge >= 0.3 is 5.97 Å². The third-order valence-electron chi connectivity index (χ3n) is 3.87. The molecule has 1 aliphatic rings. The van der Waals surface area contributed by atoms with Gasteiger partial charge in [-0.1, -0.05) is 6.07 Å². The molecule has 0 spiro atoms. The van der Waals surface area contributed by atoms with Gasteiger partial charge in [-0.15, -0.1) is 0 Å². The van der Waals surface area contributed by atoms with Crippen molar-refractivity contribution in [2.45, 2.75) is 6.92 Å². The van der Waals surface area contributed by atoms with Gasteiger partial charge < -0.3 is 24.6 Å². The average Bonchev–Trinajstić information content (AvgIpc) is 3.07. The van der Waals surface area contributed by atoms with E-state index in [2.05, 4.69) is 10.3 Å². The van der Waals surface area contributed by atoms with Crippen molar-refractivity contribution in [1.29, 1.82) is 0 Å². The molecule has 3 rings (SSSR count). The van der Waals surface area contributed by atoms with Crippen LogP contribution in [0.3, 0.4) is 0 Å². The second-order valence-electron chi connectivity index (χ2n) is 6.00. The van der Waals surface area contributed by atoms with E-state index in [9.17, 15) is 9.59 Å². The third kappa shape index (κ3) is 5.54. The molecule has 1 amide bonds. The SMILES string of the molecule is CCOc1ccc(N=C2NC(=O)/C(=C\c3ccc(OCC(=O)O)c(OC)c3)S2)cc1. The van der Waals surface area contributed by atoms with Crippen molar-refractivity contribution in [1.82, 2.24) is 5.32 Å². The Morgan fingerprint density at radius 2 is 1.93 bits per heavy atom. The molecular weight excluding hydrogens is 408 g/mol. The maximum absolute atomic E-state index is 12.3. The normalized spacial score (nSPS) is 15.9. The zero-order valence-corrected chi connectivity index (χ0v) is 17.2. The van der Waals surface area contributed by atoms with Crippen LogP contribution in [-0.4, -0.2) is 42.5 Å². The van der Waals surface area contributed by atoms with Crippen molar-refractivity contribution in [2.24, 2.45) is 4.99 Å². The van der Waals surface area contributed by atoms with Crippen molar-refractivity contribution in [3.05, 3.63) is 52.9 Å². The van der Waals surface area contributed by atoms with Gasteiger partial charge in [0.25, 0.3) is 5.91 Å². The fraction of sp³-hybridized carbons (Fsp3) is 0.190. The summed E-state index contributed by atoms with van der Waals surface area (Å²) < 4.78 is 15.8. The summed E-state index contributed by atoms with van der Waals surface area (Å²) in [4.78, 5) is 27.9. The minimum Gasteiger partial charge on any atom is -0.494 e. The summed E-state index contributed by atoms with van der Waals surface area (Å²) in [5.41, 5.74) is 1.40. The molecule has 2 aromatic rings. The third-order valence-corrected chi connectivity index (χ3v) is 4.78. The molecule has 2 aromatic carbocycles. The summed E-state index contributed by atoms with van der Waals surface area (Å²) in [6.07, 6.45) is 1.70. The standard InChI is InChI=1S/C21H20N2O6S/c1-3-28-15-7-5-14(6-8-15)22-21-23-20(26)18(30-21)11-13-4-9-16(17(10-13)27-2)29-12-19(24)25/h4-11H,3,12H2,1-2H3,(H,24,25)(H,22,23,26)/b18-11+. The number of thioether (sulfide) groups is 1. The molecule has 0 unspecified atom stereocenters. The number of nitrogens with zero attached hydrogens (tertiary/aromatic N) is 1. The lowest BCUT2D eigenvalue weighted by molar-refractivity contribution is -0.139. The summed E-state index contributed by atoms with van der Waals surface area (Å²) >= 11 is 1.22. The molecule has 9 heteroatoms. The van der Waals surface area contributed by atoms with Crippen LogP contribution in [0.2, 0.25) is 0 Å². The summed E-state index contributed by atoms with van der Waals surface area (Å²) in [5, 5.41) is 12.0. The number of carboxylic acid groups (broad SMARTS) is 1. The van der Waals surface area contributed by atoms with E-state index in [1.54, 1.807) is 24.3 Å². The van der Waals surface area contributed by atoms with Gasteiger partial charge in [0.1, 0.15) is 5.75 Å². The minimum atomic E-state index is -1.08. The van der Waals surface area contributed by atoms with Gasteiger partial charge in [0.15, 0.2) is 23.3 Å². The first-order valence-electron chi connectivity index (χ1n) is 9.03. The second-order valence-corrected chi connectivity index (χ2v) is 7.03. The molecule has 1 saturated heterocycles. The Kier molecular flexibility index (Phi) is 6.97. The smallest absolute Gasteiger partial charge is 0.341 e. The molecule has 8 nitrogen and oxygen atoms in total. The van der Waals surface area contributed by atoms with Crippen LogP contribution in [-0.2, 0) is 9.59 Å². The second kappa shape index (κ2) is 9.84. The molecule has 0 saturated carbocycles. The van der Waals surface area contributed by atoms with Crippen molar-refractivity contribution >= 4 is 40.6 Å². The summed E-state index contributed by atoms with van der Waals surface area (Å²) in [5.74, 6) is 0.104. The van der Waals surface area contributed by atoms with Crippen molar-refractivity contribution < 1.29 is 28.9 Å². The zero-order chi connectivity index (χ0) is 21.5. The number of nitrogens with one attached hydrogen (secondary N) is 1. The lowest BCUT2D eigenvalue weighted by atomic mass is 10.2. The molecule has 2 N–H and O–H groups in total. The fourth-order valence-electron chi connectivity index (χ4n) is 2.57. The van der Waals surface area contributed by atoms with E-state index in [-0.39, 0.29) is 5.91 Å². The number of hydrogen-bond acceptors (Lipinski definition) is 7. The predicted octanol–water partition coefficient (Wildman–Crippen LogP) is 3.45. The van der Waals surface area contributed by atoms with E-state index in [1.807, 2.05) is 31.2 Å². The summed E-state index contributed by atoms with van der Waals surface area (Å²) in [6.45, 7) is 2.03. The molecule has 0 radical (unpaired) electrons. The van der Waals surface area contributed by atoms with Crippen molar-refractivity contribution in [3.8, 4) is 17.2 Å². The van der Waals surface area contributed by atoms with Gasteiger partial charge in [0, 0.05) is 0 Å². The van der Waals surface area contributed by atoms with Gasteiger partial charge in [-0.25, -0.2) is 9.79 Å². The number of methoxy groups -OCH3 is 1. The van der Waals surface area contributed by atoms with E-state index in [4.69, 9.17) is 19.3 Å². The maximum atomic E-state index is 12.3. The predicted molar refractivity (Wildman–Crippen MR) is 115 cm³/mol. The Morgan fingerprint density at radius 1 is 1.17 bits per heavy atom. The van der Waals surface area contributed by atoms with Crippen LogP contribution in [0, 0.1) is 0 Å². The Balaban J connectivity index is 1.74. The fourth-order valence-corrected chi connectivity index (χ4v) is 3.41. The van der Waals surface area contributed by atoms with Crippen LogP contribution < -0.4 is 19.5 Å². The number of carbonyl (C=O) groups is 2. The number of amidine groups is 1. The molecule has 0 bridgehead atoms. The molecule has 156 valence electrons. The van der Waals surface area contributed by atoms with Gasteiger partial charge in [0.05, 0.1) is 24.3 Å². The number of aliphatic imine (C=N–C) groups is 1. The first-order chi connectivity index (χ1) is 14.5. The quantitative estimate of drug-likeness (QED) is 0.620. The molecule has 0 aromatic heterocycles. The van der Waals surface area contributed by atoms with Gasteiger partial charge in [-0.05, 0) is 66.7 Å². The van der Waals surface area contributed by atoms with Gasteiger partial charge in [0.2, 0.25) is 0 Å². The Labute approximate surface area is 177 Å². The number of amides is 1. The van der Waals surface area contributed by atoms with Crippen LogP contribution >= 0.6 is 11.8 Å². The number of rotatable bonds is 8.